The van der Waals surface area contributed by atoms with Crippen molar-refractivity contribution in [2.45, 2.75) is 30.4 Å². The molecular formula is C7H14ClN3O. The highest BCUT2D eigenvalue weighted by Gasteiger charge is 2.69. The fourth-order valence-corrected chi connectivity index (χ4v) is 2.25. The maximum Gasteiger partial charge on any atom is 0.186 e. The van der Waals surface area contributed by atoms with E-state index in [-0.39, 0.29) is 29.5 Å². The lowest BCUT2D eigenvalue weighted by Crippen LogP contribution is -2.72. The van der Waals surface area contributed by atoms with Crippen molar-refractivity contribution in [2.75, 3.05) is 7.11 Å². The Balaban J connectivity index is 0.000000720. The molecule has 3 rings (SSSR count). The maximum absolute atomic E-state index is 5.30. The predicted octanol–water partition coefficient (Wildman–Crippen LogP) is 0.00310. The molecule has 3 fully saturated rings. The van der Waals surface area contributed by atoms with E-state index < -0.39 is 0 Å². The first kappa shape index (κ1) is 9.61. The number of nitrogens with two attached hydrogens (primary N) is 2. The van der Waals surface area contributed by atoms with Gasteiger partial charge in [-0.3, -0.25) is 0 Å². The summed E-state index contributed by atoms with van der Waals surface area (Å²) in [5.74, 6) is 0.203. The Labute approximate surface area is 77.8 Å². The van der Waals surface area contributed by atoms with Crippen molar-refractivity contribution < 1.29 is 4.74 Å². The zero-order valence-corrected chi connectivity index (χ0v) is 7.86. The summed E-state index contributed by atoms with van der Waals surface area (Å²) in [5.41, 5.74) is 10.8. The first-order valence-electron chi connectivity index (χ1n) is 3.76. The molecule has 3 aliphatic carbocycles. The summed E-state index contributed by atoms with van der Waals surface area (Å²) in [7, 11) is 1.75. The lowest BCUT2D eigenvalue weighted by Gasteiger charge is -2.66. The first-order chi connectivity index (χ1) is 5.10. The van der Waals surface area contributed by atoms with Gasteiger partial charge in [-0.25, -0.2) is 4.99 Å². The summed E-state index contributed by atoms with van der Waals surface area (Å²) in [5, 5.41) is 0. The van der Waals surface area contributed by atoms with Crippen molar-refractivity contribution in [3.05, 3.63) is 0 Å². The second-order valence-electron chi connectivity index (χ2n) is 3.68. The summed E-state index contributed by atoms with van der Waals surface area (Å²) in [6, 6.07) is 0. The Morgan fingerprint density at radius 1 is 1.33 bits per heavy atom. The van der Waals surface area contributed by atoms with E-state index in [0.717, 1.165) is 19.3 Å². The van der Waals surface area contributed by atoms with Crippen LogP contribution in [0.25, 0.3) is 0 Å². The Kier molecular flexibility index (Phi) is 2.00. The van der Waals surface area contributed by atoms with Gasteiger partial charge in [0.15, 0.2) is 5.96 Å². The first-order valence-corrected chi connectivity index (χ1v) is 3.76. The van der Waals surface area contributed by atoms with E-state index in [1.165, 1.54) is 0 Å². The molecule has 4 nitrogen and oxygen atoms in total. The monoisotopic (exact) mass is 191 g/mol. The molecule has 3 saturated carbocycles. The summed E-state index contributed by atoms with van der Waals surface area (Å²) in [4.78, 5) is 4.17. The van der Waals surface area contributed by atoms with Crippen LogP contribution in [0.15, 0.2) is 4.99 Å². The van der Waals surface area contributed by atoms with Crippen LogP contribution in [-0.2, 0) is 4.74 Å². The molecule has 0 heterocycles. The Morgan fingerprint density at radius 2 is 1.83 bits per heavy atom. The molecule has 0 amide bonds. The van der Waals surface area contributed by atoms with Gasteiger partial charge in [0.25, 0.3) is 0 Å². The minimum absolute atomic E-state index is 0. The zero-order valence-electron chi connectivity index (χ0n) is 7.04. The number of methoxy groups -OCH3 is 1. The van der Waals surface area contributed by atoms with Crippen LogP contribution in [0.1, 0.15) is 19.3 Å². The second kappa shape index (κ2) is 2.50. The van der Waals surface area contributed by atoms with Gasteiger partial charge in [0.2, 0.25) is 0 Å². The highest BCUT2D eigenvalue weighted by molar-refractivity contribution is 5.85. The predicted molar refractivity (Wildman–Crippen MR) is 49.4 cm³/mol. The van der Waals surface area contributed by atoms with Crippen LogP contribution in [0, 0.1) is 0 Å². The summed E-state index contributed by atoms with van der Waals surface area (Å²) in [6.45, 7) is 0. The lowest BCUT2D eigenvalue weighted by molar-refractivity contribution is -0.222. The molecule has 0 radical (unpaired) electrons. The molecule has 0 atom stereocenters. The third-order valence-electron chi connectivity index (χ3n) is 2.75. The molecule has 0 spiro atoms. The van der Waals surface area contributed by atoms with Crippen LogP contribution in [0.5, 0.6) is 0 Å². The molecular weight excluding hydrogens is 178 g/mol. The average Bonchev–Trinajstić information content (AvgIpc) is 1.74. The van der Waals surface area contributed by atoms with Crippen molar-refractivity contribution in [1.29, 1.82) is 0 Å². The quantitative estimate of drug-likeness (QED) is 0.477. The van der Waals surface area contributed by atoms with Gasteiger partial charge in [0.1, 0.15) is 0 Å². The number of hydrogen-bond donors (Lipinski definition) is 2. The average molecular weight is 192 g/mol. The van der Waals surface area contributed by atoms with Crippen LogP contribution >= 0.6 is 12.4 Å². The number of rotatable bonds is 2. The number of guanidine groups is 1. The largest absolute Gasteiger partial charge is 0.378 e. The van der Waals surface area contributed by atoms with E-state index in [9.17, 15) is 0 Å². The van der Waals surface area contributed by atoms with E-state index >= 15 is 0 Å². The van der Waals surface area contributed by atoms with Crippen molar-refractivity contribution in [1.82, 2.24) is 0 Å². The Morgan fingerprint density at radius 3 is 2.17 bits per heavy atom. The third kappa shape index (κ3) is 1.06. The Bertz CT molecular complexity index is 205. The van der Waals surface area contributed by atoms with Gasteiger partial charge in [-0.2, -0.15) is 0 Å². The van der Waals surface area contributed by atoms with Crippen molar-refractivity contribution in [3.63, 3.8) is 0 Å². The molecule has 0 aromatic heterocycles. The molecule has 3 aliphatic rings. The number of ether oxygens (including phenoxy) is 1. The molecule has 70 valence electrons. The minimum Gasteiger partial charge on any atom is -0.378 e. The molecule has 0 aliphatic heterocycles. The van der Waals surface area contributed by atoms with Crippen LogP contribution in [0.2, 0.25) is 0 Å². The van der Waals surface area contributed by atoms with Gasteiger partial charge in [-0.15, -0.1) is 12.4 Å². The summed E-state index contributed by atoms with van der Waals surface area (Å²) < 4.78 is 5.30. The molecule has 0 aromatic carbocycles. The van der Waals surface area contributed by atoms with E-state index in [2.05, 4.69) is 4.99 Å². The van der Waals surface area contributed by atoms with Gasteiger partial charge >= 0.3 is 0 Å². The number of aliphatic imine (C=N–C) groups is 1. The smallest absolute Gasteiger partial charge is 0.186 e. The van der Waals surface area contributed by atoms with Crippen molar-refractivity contribution in [2.24, 2.45) is 16.5 Å². The van der Waals surface area contributed by atoms with Crippen molar-refractivity contribution >= 4 is 18.4 Å². The number of halogens is 1. The van der Waals surface area contributed by atoms with Gasteiger partial charge in [0, 0.05) is 26.4 Å². The van der Waals surface area contributed by atoms with E-state index in [4.69, 9.17) is 16.2 Å². The standard InChI is InChI=1S/C7H13N3O.ClH/c1-11-7-2-6(3-7,4-7)10-5(8)9;/h2-4H2,1H3,(H4,8,9,10);1H. The molecule has 5 heteroatoms. The highest BCUT2D eigenvalue weighted by Crippen LogP contribution is 2.64. The lowest BCUT2D eigenvalue weighted by atomic mass is 9.46. The topological polar surface area (TPSA) is 73.6 Å². The fraction of sp³-hybridized carbons (Fsp3) is 0.857. The molecule has 0 aromatic rings. The van der Waals surface area contributed by atoms with E-state index in [1.807, 2.05) is 0 Å². The number of nitrogens with zero attached hydrogens (tertiary/aromatic N) is 1. The van der Waals surface area contributed by atoms with Gasteiger partial charge in [-0.05, 0) is 0 Å². The zero-order chi connectivity index (χ0) is 8.11. The summed E-state index contributed by atoms with van der Waals surface area (Å²) >= 11 is 0. The van der Waals surface area contributed by atoms with E-state index in [0.29, 0.717) is 0 Å². The van der Waals surface area contributed by atoms with Crippen molar-refractivity contribution in [3.8, 4) is 0 Å². The molecule has 0 unspecified atom stereocenters. The van der Waals surface area contributed by atoms with Gasteiger partial charge in [0.05, 0.1) is 11.1 Å². The normalized spacial score (nSPS) is 41.8. The van der Waals surface area contributed by atoms with Gasteiger partial charge in [-0.1, -0.05) is 0 Å². The van der Waals surface area contributed by atoms with Crippen LogP contribution in [0.4, 0.5) is 0 Å². The molecule has 2 bridgehead atoms. The van der Waals surface area contributed by atoms with E-state index in [1.54, 1.807) is 7.11 Å². The van der Waals surface area contributed by atoms with Gasteiger partial charge < -0.3 is 16.2 Å². The third-order valence-corrected chi connectivity index (χ3v) is 2.75. The SMILES string of the molecule is COC12CC(N=C(N)N)(C1)C2.Cl. The molecule has 4 N–H and O–H groups in total. The maximum atomic E-state index is 5.30. The minimum atomic E-state index is 0. The summed E-state index contributed by atoms with van der Waals surface area (Å²) in [6.07, 6.45) is 2.98. The highest BCUT2D eigenvalue weighted by atomic mass is 35.5. The Hall–Kier alpha value is -0.480. The fourth-order valence-electron chi connectivity index (χ4n) is 2.25. The second-order valence-corrected chi connectivity index (χ2v) is 3.68. The van der Waals surface area contributed by atoms with Crippen LogP contribution in [0.3, 0.4) is 0 Å². The van der Waals surface area contributed by atoms with Crippen LogP contribution in [-0.4, -0.2) is 24.2 Å². The number of hydrogen-bond acceptors (Lipinski definition) is 2. The molecule has 0 saturated heterocycles. The molecule has 12 heavy (non-hydrogen) atoms. The van der Waals surface area contributed by atoms with Crippen LogP contribution < -0.4 is 11.5 Å².